The average Bonchev–Trinajstić information content (AvgIpc) is 2.72. The number of sulfonamides is 1. The molecule has 0 atom stereocenters. The minimum absolute atomic E-state index is 0.275. The molecule has 0 aromatic heterocycles. The molecule has 0 saturated carbocycles. The molecule has 0 fully saturated rings. The van der Waals surface area contributed by atoms with Gasteiger partial charge >= 0.3 is 0 Å². The van der Waals surface area contributed by atoms with Gasteiger partial charge in [0, 0.05) is 27.2 Å². The monoisotopic (exact) mass is 418 g/mol. The summed E-state index contributed by atoms with van der Waals surface area (Å²) in [5.74, 6) is 1.59. The van der Waals surface area contributed by atoms with Crippen LogP contribution in [-0.2, 0) is 23.0 Å². The molecule has 0 heterocycles. The molecule has 0 unspecified atom stereocenters. The molecular weight excluding hydrogens is 388 g/mol. The van der Waals surface area contributed by atoms with Crippen molar-refractivity contribution in [1.29, 1.82) is 0 Å². The van der Waals surface area contributed by atoms with E-state index in [1.54, 1.807) is 31.4 Å². The summed E-state index contributed by atoms with van der Waals surface area (Å²) in [7, 11) is 1.30. The van der Waals surface area contributed by atoms with Crippen LogP contribution in [0.15, 0.2) is 58.4 Å². The molecule has 29 heavy (non-hydrogen) atoms. The van der Waals surface area contributed by atoms with Crippen molar-refractivity contribution in [2.24, 2.45) is 4.99 Å². The molecule has 0 saturated heterocycles. The second kappa shape index (κ2) is 10.8. The van der Waals surface area contributed by atoms with Gasteiger partial charge in [-0.15, -0.1) is 0 Å². The van der Waals surface area contributed by atoms with Crippen molar-refractivity contribution in [3.05, 3.63) is 59.7 Å². The third-order valence-electron chi connectivity index (χ3n) is 4.35. The van der Waals surface area contributed by atoms with Gasteiger partial charge < -0.3 is 15.4 Å². The Kier molecular flexibility index (Phi) is 8.48. The SMILES string of the molecule is CCNC(=NCc1ccc(S(=O)(=O)N(C)C)cc1)NCCc1ccccc1OC. The Labute approximate surface area is 173 Å². The first-order valence-corrected chi connectivity index (χ1v) is 11.0. The summed E-state index contributed by atoms with van der Waals surface area (Å²) in [6, 6.07) is 14.8. The summed E-state index contributed by atoms with van der Waals surface area (Å²) < 4.78 is 30.9. The molecule has 2 aromatic carbocycles. The lowest BCUT2D eigenvalue weighted by molar-refractivity contribution is 0.409. The van der Waals surface area contributed by atoms with Gasteiger partial charge in [-0.3, -0.25) is 0 Å². The minimum Gasteiger partial charge on any atom is -0.496 e. The van der Waals surface area contributed by atoms with Crippen LogP contribution in [0.5, 0.6) is 5.75 Å². The van der Waals surface area contributed by atoms with Crippen LogP contribution in [0.25, 0.3) is 0 Å². The molecule has 8 heteroatoms. The van der Waals surface area contributed by atoms with Gasteiger partial charge in [0.05, 0.1) is 18.6 Å². The van der Waals surface area contributed by atoms with Crippen LogP contribution in [0.2, 0.25) is 0 Å². The van der Waals surface area contributed by atoms with Crippen molar-refractivity contribution < 1.29 is 13.2 Å². The van der Waals surface area contributed by atoms with Crippen molar-refractivity contribution in [1.82, 2.24) is 14.9 Å². The van der Waals surface area contributed by atoms with Gasteiger partial charge in [0.25, 0.3) is 0 Å². The average molecular weight is 419 g/mol. The van der Waals surface area contributed by atoms with Crippen molar-refractivity contribution in [3.8, 4) is 5.75 Å². The van der Waals surface area contributed by atoms with Crippen LogP contribution < -0.4 is 15.4 Å². The highest BCUT2D eigenvalue weighted by atomic mass is 32.2. The molecule has 158 valence electrons. The van der Waals surface area contributed by atoms with E-state index < -0.39 is 10.0 Å². The van der Waals surface area contributed by atoms with E-state index in [4.69, 9.17) is 4.74 Å². The maximum atomic E-state index is 12.1. The fourth-order valence-electron chi connectivity index (χ4n) is 2.71. The first kappa shape index (κ1) is 22.7. The fourth-order valence-corrected chi connectivity index (χ4v) is 3.62. The molecule has 7 nitrogen and oxygen atoms in total. The zero-order valence-corrected chi connectivity index (χ0v) is 18.3. The number of ether oxygens (including phenoxy) is 1. The molecule has 0 radical (unpaired) electrons. The highest BCUT2D eigenvalue weighted by molar-refractivity contribution is 7.89. The van der Waals surface area contributed by atoms with E-state index in [1.807, 2.05) is 31.2 Å². The summed E-state index contributed by atoms with van der Waals surface area (Å²) in [6.45, 7) is 3.93. The van der Waals surface area contributed by atoms with Crippen LogP contribution in [0.1, 0.15) is 18.1 Å². The molecule has 0 aliphatic heterocycles. The van der Waals surface area contributed by atoms with E-state index in [0.717, 1.165) is 29.8 Å². The Bertz CT molecular complexity index is 910. The lowest BCUT2D eigenvalue weighted by Gasteiger charge is -2.13. The lowest BCUT2D eigenvalue weighted by Crippen LogP contribution is -2.38. The molecular formula is C21H30N4O3S. The number of hydrogen-bond acceptors (Lipinski definition) is 4. The first-order valence-electron chi connectivity index (χ1n) is 9.54. The first-order chi connectivity index (χ1) is 13.9. The van der Waals surface area contributed by atoms with Gasteiger partial charge in [0.2, 0.25) is 10.0 Å². The minimum atomic E-state index is -3.42. The number of methoxy groups -OCH3 is 1. The Morgan fingerprint density at radius 2 is 1.76 bits per heavy atom. The smallest absolute Gasteiger partial charge is 0.242 e. The standard InChI is InChI=1S/C21H30N4O3S/c1-5-22-21(23-15-14-18-8-6-7-9-20(18)28-4)24-16-17-10-12-19(13-11-17)29(26,27)25(2)3/h6-13H,5,14-16H2,1-4H3,(H2,22,23,24). The van der Waals surface area contributed by atoms with E-state index >= 15 is 0 Å². The van der Waals surface area contributed by atoms with E-state index in [1.165, 1.54) is 18.4 Å². The van der Waals surface area contributed by atoms with Crippen LogP contribution in [-0.4, -0.2) is 53.0 Å². The van der Waals surface area contributed by atoms with Crippen molar-refractivity contribution in [2.75, 3.05) is 34.3 Å². The molecule has 0 amide bonds. The Balaban J connectivity index is 1.98. The van der Waals surface area contributed by atoms with Crippen LogP contribution in [0.3, 0.4) is 0 Å². The Morgan fingerprint density at radius 3 is 2.38 bits per heavy atom. The lowest BCUT2D eigenvalue weighted by atomic mass is 10.1. The normalized spacial score (nSPS) is 12.1. The third-order valence-corrected chi connectivity index (χ3v) is 6.17. The quantitative estimate of drug-likeness (QED) is 0.482. The Morgan fingerprint density at radius 1 is 1.07 bits per heavy atom. The number of benzene rings is 2. The summed E-state index contributed by atoms with van der Waals surface area (Å²) in [5.41, 5.74) is 2.07. The van der Waals surface area contributed by atoms with E-state index in [2.05, 4.69) is 15.6 Å². The summed E-state index contributed by atoms with van der Waals surface area (Å²) >= 11 is 0. The molecule has 0 aliphatic rings. The van der Waals surface area contributed by atoms with Crippen LogP contribution in [0, 0.1) is 0 Å². The molecule has 2 N–H and O–H groups in total. The number of nitrogens with one attached hydrogen (secondary N) is 2. The van der Waals surface area contributed by atoms with E-state index in [9.17, 15) is 8.42 Å². The molecule has 2 aromatic rings. The highest BCUT2D eigenvalue weighted by Crippen LogP contribution is 2.17. The maximum absolute atomic E-state index is 12.1. The predicted molar refractivity (Wildman–Crippen MR) is 117 cm³/mol. The van der Waals surface area contributed by atoms with Crippen LogP contribution in [0.4, 0.5) is 0 Å². The molecule has 0 spiro atoms. The number of para-hydroxylation sites is 1. The molecule has 0 bridgehead atoms. The Hall–Kier alpha value is -2.58. The molecule has 2 rings (SSSR count). The summed E-state index contributed by atoms with van der Waals surface area (Å²) in [4.78, 5) is 4.86. The van der Waals surface area contributed by atoms with Crippen molar-refractivity contribution in [3.63, 3.8) is 0 Å². The van der Waals surface area contributed by atoms with Crippen molar-refractivity contribution in [2.45, 2.75) is 24.8 Å². The summed E-state index contributed by atoms with van der Waals surface area (Å²) in [6.07, 6.45) is 0.811. The van der Waals surface area contributed by atoms with Gasteiger partial charge in [-0.05, 0) is 42.7 Å². The topological polar surface area (TPSA) is 83.0 Å². The number of hydrogen-bond donors (Lipinski definition) is 2. The number of rotatable bonds is 9. The number of guanidine groups is 1. The zero-order valence-electron chi connectivity index (χ0n) is 17.5. The second-order valence-corrected chi connectivity index (χ2v) is 8.77. The van der Waals surface area contributed by atoms with E-state index in [-0.39, 0.29) is 4.90 Å². The zero-order chi connectivity index (χ0) is 21.3. The van der Waals surface area contributed by atoms with Gasteiger partial charge in [-0.25, -0.2) is 17.7 Å². The molecule has 0 aliphatic carbocycles. The largest absolute Gasteiger partial charge is 0.496 e. The third kappa shape index (κ3) is 6.47. The van der Waals surface area contributed by atoms with Gasteiger partial charge in [0.15, 0.2) is 5.96 Å². The fraction of sp³-hybridized carbons (Fsp3) is 0.381. The number of aliphatic imine (C=N–C) groups is 1. The van der Waals surface area contributed by atoms with Gasteiger partial charge in [-0.2, -0.15) is 0 Å². The second-order valence-electron chi connectivity index (χ2n) is 6.62. The maximum Gasteiger partial charge on any atom is 0.242 e. The van der Waals surface area contributed by atoms with E-state index in [0.29, 0.717) is 19.0 Å². The summed E-state index contributed by atoms with van der Waals surface area (Å²) in [5, 5.41) is 6.55. The van der Waals surface area contributed by atoms with Crippen LogP contribution >= 0.6 is 0 Å². The number of nitrogens with zero attached hydrogens (tertiary/aromatic N) is 2. The van der Waals surface area contributed by atoms with Gasteiger partial charge in [-0.1, -0.05) is 30.3 Å². The van der Waals surface area contributed by atoms with Gasteiger partial charge in [0.1, 0.15) is 5.75 Å². The van der Waals surface area contributed by atoms with Crippen molar-refractivity contribution >= 4 is 16.0 Å². The highest BCUT2D eigenvalue weighted by Gasteiger charge is 2.16. The predicted octanol–water partition coefficient (Wildman–Crippen LogP) is 2.24.